The van der Waals surface area contributed by atoms with Gasteiger partial charge in [0.15, 0.2) is 5.65 Å². The predicted molar refractivity (Wildman–Crippen MR) is 132 cm³/mol. The second-order valence-electron chi connectivity index (χ2n) is 8.80. The summed E-state index contributed by atoms with van der Waals surface area (Å²) in [6.07, 6.45) is 3.57. The highest BCUT2D eigenvalue weighted by Gasteiger charge is 2.24. The van der Waals surface area contributed by atoms with Gasteiger partial charge in [-0.25, -0.2) is 14.6 Å². The second-order valence-corrected chi connectivity index (χ2v) is 9.75. The van der Waals surface area contributed by atoms with Crippen molar-refractivity contribution in [2.75, 3.05) is 31.1 Å². The first kappa shape index (κ1) is 21.6. The molecule has 0 aliphatic carbocycles. The van der Waals surface area contributed by atoms with E-state index in [9.17, 15) is 4.79 Å². The summed E-state index contributed by atoms with van der Waals surface area (Å²) in [4.78, 5) is 27.8. The molecule has 0 spiro atoms. The normalized spacial score (nSPS) is 14.8. The predicted octanol–water partition coefficient (Wildman–Crippen LogP) is 4.43. The van der Waals surface area contributed by atoms with Gasteiger partial charge in [-0.1, -0.05) is 38.1 Å². The molecule has 170 valence electrons. The Hall–Kier alpha value is -3.26. The lowest BCUT2D eigenvalue weighted by Gasteiger charge is -2.23. The van der Waals surface area contributed by atoms with Gasteiger partial charge in [0.05, 0.1) is 22.1 Å². The largest absolute Gasteiger partial charge is 0.354 e. The summed E-state index contributed by atoms with van der Waals surface area (Å²) in [5.74, 6) is 2.33. The van der Waals surface area contributed by atoms with Crippen LogP contribution in [0.15, 0.2) is 54.0 Å². The van der Waals surface area contributed by atoms with Crippen molar-refractivity contribution in [1.82, 2.24) is 24.6 Å². The van der Waals surface area contributed by atoms with Crippen LogP contribution in [0.2, 0.25) is 0 Å². The van der Waals surface area contributed by atoms with E-state index in [4.69, 9.17) is 9.97 Å². The van der Waals surface area contributed by atoms with Crippen LogP contribution in [0.3, 0.4) is 0 Å². The molecule has 3 aromatic heterocycles. The van der Waals surface area contributed by atoms with Gasteiger partial charge in [0, 0.05) is 32.6 Å². The number of amides is 1. The van der Waals surface area contributed by atoms with Gasteiger partial charge in [-0.15, -0.1) is 11.3 Å². The Labute approximate surface area is 197 Å². The average Bonchev–Trinajstić information content (AvgIpc) is 3.43. The van der Waals surface area contributed by atoms with Crippen LogP contribution in [0, 0.1) is 5.92 Å². The van der Waals surface area contributed by atoms with E-state index < -0.39 is 0 Å². The van der Waals surface area contributed by atoms with Gasteiger partial charge in [0.1, 0.15) is 11.6 Å². The molecule has 4 aromatic rings. The number of para-hydroxylation sites is 1. The monoisotopic (exact) mass is 460 g/mol. The summed E-state index contributed by atoms with van der Waals surface area (Å²) >= 11 is 1.50. The van der Waals surface area contributed by atoms with E-state index in [1.54, 1.807) is 0 Å². The Kier molecular flexibility index (Phi) is 6.09. The van der Waals surface area contributed by atoms with Crippen LogP contribution in [0.25, 0.3) is 16.7 Å². The van der Waals surface area contributed by atoms with Gasteiger partial charge in [-0.2, -0.15) is 5.10 Å². The maximum Gasteiger partial charge on any atom is 0.263 e. The molecule has 1 amide bonds. The van der Waals surface area contributed by atoms with E-state index in [1.807, 2.05) is 63.6 Å². The van der Waals surface area contributed by atoms with E-state index in [0.717, 1.165) is 65.7 Å². The number of hydrogen-bond donors (Lipinski definition) is 0. The first-order chi connectivity index (χ1) is 16.1. The summed E-state index contributed by atoms with van der Waals surface area (Å²) in [7, 11) is 0. The highest BCUT2D eigenvalue weighted by Crippen LogP contribution is 2.27. The topological polar surface area (TPSA) is 67.2 Å². The smallest absolute Gasteiger partial charge is 0.263 e. The van der Waals surface area contributed by atoms with E-state index in [0.29, 0.717) is 12.5 Å². The lowest BCUT2D eigenvalue weighted by molar-refractivity contribution is 0.0772. The molecule has 4 heterocycles. The molecular formula is C25H28N6OS. The molecule has 0 N–H and O–H groups in total. The van der Waals surface area contributed by atoms with Crippen LogP contribution >= 0.6 is 11.3 Å². The second kappa shape index (κ2) is 9.31. The molecule has 0 radical (unpaired) electrons. The van der Waals surface area contributed by atoms with E-state index >= 15 is 0 Å². The minimum absolute atomic E-state index is 0.122. The molecule has 1 aromatic carbocycles. The third-order valence-electron chi connectivity index (χ3n) is 5.86. The van der Waals surface area contributed by atoms with Crippen molar-refractivity contribution in [2.24, 2.45) is 5.92 Å². The fourth-order valence-corrected chi connectivity index (χ4v) is 4.97. The van der Waals surface area contributed by atoms with Gasteiger partial charge < -0.3 is 9.80 Å². The van der Waals surface area contributed by atoms with Crippen molar-refractivity contribution >= 4 is 34.1 Å². The SMILES string of the molecule is CC(C)Cc1nc(N2CCCN(C(=O)c3cccs3)CC2)c2cnn(-c3ccccc3)c2n1. The fourth-order valence-electron chi connectivity index (χ4n) is 4.28. The Balaban J connectivity index is 1.49. The Morgan fingerprint density at radius 3 is 2.64 bits per heavy atom. The molecule has 0 unspecified atom stereocenters. The number of carbonyl (C=O) groups excluding carboxylic acids is 1. The zero-order valence-electron chi connectivity index (χ0n) is 19.0. The molecular weight excluding hydrogens is 432 g/mol. The summed E-state index contributed by atoms with van der Waals surface area (Å²) < 4.78 is 1.90. The van der Waals surface area contributed by atoms with Crippen molar-refractivity contribution in [3.63, 3.8) is 0 Å². The van der Waals surface area contributed by atoms with Crippen LogP contribution in [-0.2, 0) is 6.42 Å². The standard InChI is InChI=1S/C25H28N6OS/c1-18(2)16-22-27-23(20-17-26-31(24(20)28-22)19-8-4-3-5-9-19)29-11-7-12-30(14-13-29)25(32)21-10-6-15-33-21/h3-6,8-10,15,17-18H,7,11-14,16H2,1-2H3. The van der Waals surface area contributed by atoms with Crippen molar-refractivity contribution in [2.45, 2.75) is 26.7 Å². The number of carbonyl (C=O) groups is 1. The number of benzene rings is 1. The van der Waals surface area contributed by atoms with Gasteiger partial charge in [-0.05, 0) is 35.9 Å². The van der Waals surface area contributed by atoms with Gasteiger partial charge in [0.2, 0.25) is 0 Å². The molecule has 0 bridgehead atoms. The van der Waals surface area contributed by atoms with Crippen LogP contribution in [-0.4, -0.2) is 56.7 Å². The van der Waals surface area contributed by atoms with Crippen LogP contribution in [0.1, 0.15) is 35.8 Å². The summed E-state index contributed by atoms with van der Waals surface area (Å²) in [5, 5.41) is 7.57. The number of anilines is 1. The quantitative estimate of drug-likeness (QED) is 0.441. The lowest BCUT2D eigenvalue weighted by Crippen LogP contribution is -2.35. The maximum atomic E-state index is 12.9. The Bertz CT molecular complexity index is 1230. The number of rotatable bonds is 5. The van der Waals surface area contributed by atoms with Gasteiger partial charge in [-0.3, -0.25) is 4.79 Å². The van der Waals surface area contributed by atoms with Gasteiger partial charge >= 0.3 is 0 Å². The zero-order chi connectivity index (χ0) is 22.8. The summed E-state index contributed by atoms with van der Waals surface area (Å²) in [6, 6.07) is 13.9. The van der Waals surface area contributed by atoms with Crippen molar-refractivity contribution in [3.05, 3.63) is 64.7 Å². The van der Waals surface area contributed by atoms with Crippen molar-refractivity contribution in [1.29, 1.82) is 0 Å². The molecule has 1 aliphatic rings. The number of fused-ring (bicyclic) bond motifs is 1. The van der Waals surface area contributed by atoms with Gasteiger partial charge in [0.25, 0.3) is 5.91 Å². The number of aromatic nitrogens is 4. The summed E-state index contributed by atoms with van der Waals surface area (Å²) in [6.45, 7) is 7.38. The van der Waals surface area contributed by atoms with Crippen LogP contribution in [0.4, 0.5) is 5.82 Å². The minimum Gasteiger partial charge on any atom is -0.354 e. The maximum absolute atomic E-state index is 12.9. The van der Waals surface area contributed by atoms with E-state index in [-0.39, 0.29) is 5.91 Å². The molecule has 1 aliphatic heterocycles. The molecule has 1 fully saturated rings. The lowest BCUT2D eigenvalue weighted by atomic mass is 10.1. The Morgan fingerprint density at radius 1 is 1.03 bits per heavy atom. The third-order valence-corrected chi connectivity index (χ3v) is 6.72. The molecule has 0 atom stereocenters. The summed E-state index contributed by atoms with van der Waals surface area (Å²) in [5.41, 5.74) is 1.81. The molecule has 0 saturated carbocycles. The van der Waals surface area contributed by atoms with E-state index in [1.165, 1.54) is 11.3 Å². The van der Waals surface area contributed by atoms with Crippen LogP contribution < -0.4 is 4.90 Å². The molecule has 7 nitrogen and oxygen atoms in total. The minimum atomic E-state index is 0.122. The number of thiophene rings is 1. The first-order valence-corrected chi connectivity index (χ1v) is 12.4. The molecule has 33 heavy (non-hydrogen) atoms. The zero-order valence-corrected chi connectivity index (χ0v) is 19.8. The highest BCUT2D eigenvalue weighted by molar-refractivity contribution is 7.12. The number of nitrogens with zero attached hydrogens (tertiary/aromatic N) is 6. The van der Waals surface area contributed by atoms with Crippen molar-refractivity contribution < 1.29 is 4.79 Å². The Morgan fingerprint density at radius 2 is 1.88 bits per heavy atom. The fraction of sp³-hybridized carbons (Fsp3) is 0.360. The first-order valence-electron chi connectivity index (χ1n) is 11.5. The highest BCUT2D eigenvalue weighted by atomic mass is 32.1. The number of hydrogen-bond acceptors (Lipinski definition) is 6. The molecule has 5 rings (SSSR count). The molecule has 8 heteroatoms. The molecule has 1 saturated heterocycles. The van der Waals surface area contributed by atoms with E-state index in [2.05, 4.69) is 23.8 Å². The third kappa shape index (κ3) is 4.48. The van der Waals surface area contributed by atoms with Crippen molar-refractivity contribution in [3.8, 4) is 5.69 Å². The van der Waals surface area contributed by atoms with Crippen LogP contribution in [0.5, 0.6) is 0 Å². The average molecular weight is 461 g/mol.